The number of carbonyl (C=O) groups is 1. The van der Waals surface area contributed by atoms with Gasteiger partial charge in [-0.15, -0.1) is 11.3 Å². The Balaban J connectivity index is 0.000000144. The van der Waals surface area contributed by atoms with Crippen LogP contribution in [0.3, 0.4) is 0 Å². The van der Waals surface area contributed by atoms with Crippen molar-refractivity contribution in [3.8, 4) is 33.6 Å². The molecule has 13 aromatic heterocycles. The number of fused-ring (bicyclic) bond motifs is 6. The van der Waals surface area contributed by atoms with Crippen LogP contribution in [0, 0.1) is 14.3 Å². The first-order valence-corrected chi connectivity index (χ1v) is 47.5. The summed E-state index contributed by atoms with van der Waals surface area (Å²) in [7, 11) is 7.17. The number of hydrogen-bond donors (Lipinski definition) is 2. The standard InChI is InChI=1S/C21H21BrClNO3S.C12H9ClN4.C12H9N4.C7H5ClIN3.C6H3ClIN3.C6H4ClN3.3C4H9.Sn/c1-11-10-14-18(28-20(22)24-14)16(12-6-8-13(23)9-7-12)15(11)17(19(25)26-5)27-21(2,3)4;1-17-9-4-5-10(13)15-12(9)11(16-17)8-3-2-6-14-7-8;1-16-10-5-3-7-14-12(10)11(15-16)9-4-2-6-13-8-9;1-12-4-2-3-5(8)10-6(4)7(9)11-12;7-4-2-1-3-5(9-4)6(8)11-10-3;7-6-2-1-4-5(9-6)3-8-10-4;3*1-3-4-2;/h6-10,17H,1-5H3;2-7H,1H3;2-6,8H,1H3;2-3H,1H3;1-2H,(H,10,11);1-3H,(H,8,10);3*1,3-4H2,2H3;/t17-;;;;;;;;;/m0........./s1. The van der Waals surface area contributed by atoms with E-state index in [0.29, 0.717) is 25.6 Å². The van der Waals surface area contributed by atoms with Crippen molar-refractivity contribution in [2.45, 2.75) is 112 Å². The number of carbonyl (C=O) groups excluding carboxylic acids is 1. The van der Waals surface area contributed by atoms with Gasteiger partial charge in [0, 0.05) is 48.2 Å². The predicted octanol–water partition coefficient (Wildman–Crippen LogP) is 21.5. The number of nitrogens with zero attached hydrogens (tertiary/aromatic N) is 16. The average molecular weight is 1950 g/mol. The summed E-state index contributed by atoms with van der Waals surface area (Å²) in [5.41, 5.74) is 16.8. The number of esters is 1. The maximum atomic E-state index is 12.7. The Hall–Kier alpha value is -6.65. The van der Waals surface area contributed by atoms with Crippen LogP contribution in [0.15, 0.2) is 150 Å². The van der Waals surface area contributed by atoms with Gasteiger partial charge in [0.25, 0.3) is 0 Å². The van der Waals surface area contributed by atoms with Crippen molar-refractivity contribution in [3.63, 3.8) is 0 Å². The third-order valence-electron chi connectivity index (χ3n) is 17.2. The molecule has 107 heavy (non-hydrogen) atoms. The Bertz CT molecular complexity index is 5490. The molecule has 15 rings (SSSR count). The number of unbranched alkanes of at least 4 members (excludes halogenated alkanes) is 3. The van der Waals surface area contributed by atoms with Crippen LogP contribution < -0.4 is 3.71 Å². The van der Waals surface area contributed by atoms with Gasteiger partial charge >= 0.3 is 186 Å². The van der Waals surface area contributed by atoms with Crippen molar-refractivity contribution < 1.29 is 14.3 Å². The van der Waals surface area contributed by atoms with E-state index in [9.17, 15) is 4.79 Å². The van der Waals surface area contributed by atoms with E-state index in [0.717, 1.165) is 121 Å². The molecule has 0 aliphatic heterocycles. The Morgan fingerprint density at radius 2 is 1.12 bits per heavy atom. The fourth-order valence-electron chi connectivity index (χ4n) is 12.1. The van der Waals surface area contributed by atoms with Gasteiger partial charge in [0.05, 0.1) is 45.7 Å². The van der Waals surface area contributed by atoms with Crippen molar-refractivity contribution in [1.82, 2.24) is 89.6 Å². The zero-order valence-electron chi connectivity index (χ0n) is 60.6. The van der Waals surface area contributed by atoms with E-state index in [1.807, 2.05) is 139 Å². The molecule has 15 aromatic rings. The monoisotopic (exact) mass is 1950 g/mol. The van der Waals surface area contributed by atoms with Gasteiger partial charge < -0.3 is 9.47 Å². The first-order chi connectivity index (χ1) is 51.3. The molecule has 0 spiro atoms. The topological polar surface area (TPSA) is 249 Å². The van der Waals surface area contributed by atoms with Gasteiger partial charge in [-0.1, -0.05) is 70.1 Å². The van der Waals surface area contributed by atoms with Crippen molar-refractivity contribution in [2.24, 2.45) is 21.1 Å². The number of H-pyrrole nitrogens is 2. The first kappa shape index (κ1) is 82.8. The molecule has 0 fully saturated rings. The summed E-state index contributed by atoms with van der Waals surface area (Å²) in [5, 5.41) is 29.5. The molecule has 2 N–H and O–H groups in total. The second kappa shape index (κ2) is 38.3. The van der Waals surface area contributed by atoms with E-state index in [1.165, 1.54) is 74.0 Å². The fourth-order valence-corrected chi connectivity index (χ4v) is 31.0. The van der Waals surface area contributed by atoms with Gasteiger partial charge in [0.2, 0.25) is 0 Å². The SMILES string of the molecule is CCC[CH2][Sn]([CH2]CCC)([CH2]CCC)[c]1ccc2c(n1)c(-c1cccnc1)nn2C.COC(=O)[C@@H](OC(C)(C)C)c1c(C)cc2nc(Br)sc2c1-c1ccc(Cl)cc1.Clc1ccc2[nH]ncc2n1.Clc1ccc2n[nH]c(I)c2n1.Cn1nc(-c2cccnc2)c2nc(Cl)ccc21.Cn1nc(I)c2nc(Cl)ccc21. The molecule has 0 saturated heterocycles. The molecule has 0 amide bonds. The Morgan fingerprint density at radius 3 is 1.68 bits per heavy atom. The fraction of sp³-hybridized carbons (Fsp3) is 0.289. The molecule has 0 saturated carbocycles. The molecular formula is C76H78BrCl5I2N18O3SSn. The van der Waals surface area contributed by atoms with Crippen LogP contribution >= 0.6 is 130 Å². The minimum absolute atomic E-state index is 0.434. The number of halogens is 8. The number of hydrogen-bond acceptors (Lipinski definition) is 17. The summed E-state index contributed by atoms with van der Waals surface area (Å²) >= 11 is 35.8. The number of aryl methyl sites for hydroxylation is 4. The van der Waals surface area contributed by atoms with Crippen LogP contribution in [0.5, 0.6) is 0 Å². The molecule has 1 atom stereocenters. The number of methoxy groups -OCH3 is 1. The number of aromatic nitrogens is 18. The summed E-state index contributed by atoms with van der Waals surface area (Å²) in [6.07, 6.45) is 15.9. The number of pyridine rings is 7. The number of nitrogens with one attached hydrogen (secondary N) is 2. The second-order valence-corrected chi connectivity index (χ2v) is 45.3. The zero-order chi connectivity index (χ0) is 76.7. The van der Waals surface area contributed by atoms with Crippen LogP contribution in [0.2, 0.25) is 38.9 Å². The number of aromatic amines is 2. The first-order valence-electron chi connectivity index (χ1n) is 34.3. The molecule has 556 valence electrons. The van der Waals surface area contributed by atoms with Gasteiger partial charge in [-0.3, -0.25) is 24.5 Å². The van der Waals surface area contributed by atoms with E-state index in [2.05, 4.69) is 166 Å². The Kier molecular flexibility index (Phi) is 29.7. The van der Waals surface area contributed by atoms with Crippen molar-refractivity contribution in [2.75, 3.05) is 7.11 Å². The van der Waals surface area contributed by atoms with Crippen LogP contribution in [0.1, 0.15) is 97.3 Å². The molecular weight excluding hydrogens is 1870 g/mol. The Labute approximate surface area is 688 Å². The molecule has 0 radical (unpaired) electrons. The molecule has 0 bridgehead atoms. The predicted molar refractivity (Wildman–Crippen MR) is 458 cm³/mol. The normalized spacial score (nSPS) is 11.7. The van der Waals surface area contributed by atoms with Gasteiger partial charge in [-0.2, -0.15) is 20.4 Å². The molecule has 31 heteroatoms. The summed E-state index contributed by atoms with van der Waals surface area (Å²) in [6.45, 7) is 14.7. The van der Waals surface area contributed by atoms with E-state index < -0.39 is 36.1 Å². The molecule has 2 aromatic carbocycles. The number of rotatable bonds is 16. The summed E-state index contributed by atoms with van der Waals surface area (Å²) < 4.78 is 26.1. The van der Waals surface area contributed by atoms with E-state index in [4.69, 9.17) is 77.6 Å². The summed E-state index contributed by atoms with van der Waals surface area (Å²) in [4.78, 5) is 47.7. The molecule has 21 nitrogen and oxygen atoms in total. The third kappa shape index (κ3) is 21.1. The van der Waals surface area contributed by atoms with E-state index >= 15 is 0 Å². The molecule has 0 aliphatic carbocycles. The molecule has 0 aliphatic rings. The quantitative estimate of drug-likeness (QED) is 0.0395. The number of benzene rings is 2. The maximum Gasteiger partial charge on any atom is 0.339 e. The van der Waals surface area contributed by atoms with Crippen molar-refractivity contribution in [3.05, 3.63) is 194 Å². The van der Waals surface area contributed by atoms with Crippen LogP contribution in [-0.2, 0) is 35.4 Å². The summed E-state index contributed by atoms with van der Waals surface area (Å²) in [5.74, 6) is -0.434. The number of ether oxygens (including phenoxy) is 2. The maximum absolute atomic E-state index is 12.7. The summed E-state index contributed by atoms with van der Waals surface area (Å²) in [6, 6.07) is 36.6. The third-order valence-corrected chi connectivity index (χ3v) is 36.4. The minimum atomic E-state index is -2.56. The zero-order valence-corrected chi connectivity index (χ0v) is 74.0. The van der Waals surface area contributed by atoms with Gasteiger partial charge in [0.15, 0.2) is 10.0 Å². The average Bonchev–Trinajstić information content (AvgIpc) is 1.73. The van der Waals surface area contributed by atoms with E-state index in [-0.39, 0.29) is 0 Å². The molecule has 13 heterocycles. The molecule has 0 unspecified atom stereocenters. The van der Waals surface area contributed by atoms with Gasteiger partial charge in [0.1, 0.15) is 61.3 Å². The van der Waals surface area contributed by atoms with E-state index in [1.54, 1.807) is 52.2 Å². The number of thiazole rings is 1. The largest absolute Gasteiger partial charge is 0.467 e. The smallest absolute Gasteiger partial charge is 0.339 e. The van der Waals surface area contributed by atoms with Gasteiger partial charge in [-0.25, -0.2) is 29.7 Å². The van der Waals surface area contributed by atoms with Crippen LogP contribution in [0.25, 0.3) is 99.0 Å². The Morgan fingerprint density at radius 1 is 0.598 bits per heavy atom. The minimum Gasteiger partial charge on any atom is -0.467 e. The van der Waals surface area contributed by atoms with Gasteiger partial charge in [-0.05, 0) is 179 Å². The van der Waals surface area contributed by atoms with Crippen LogP contribution in [-0.4, -0.2) is 127 Å². The van der Waals surface area contributed by atoms with Crippen LogP contribution in [0.4, 0.5) is 0 Å². The van der Waals surface area contributed by atoms with Crippen molar-refractivity contribution >= 4 is 224 Å². The second-order valence-electron chi connectivity index (χ2n) is 25.9. The van der Waals surface area contributed by atoms with Crippen molar-refractivity contribution in [1.29, 1.82) is 0 Å².